The Morgan fingerprint density at radius 3 is 2.88 bits per heavy atom. The summed E-state index contributed by atoms with van der Waals surface area (Å²) in [6, 6.07) is 0. The van der Waals surface area contributed by atoms with E-state index in [2.05, 4.69) is 15.1 Å². The number of nitrogens with two attached hydrogens (primary N) is 1. The maximum Gasteiger partial charge on any atom is 0.227 e. The van der Waals surface area contributed by atoms with Crippen molar-refractivity contribution >= 4 is 33.3 Å². The Hall–Kier alpha value is -2.48. The van der Waals surface area contributed by atoms with Gasteiger partial charge in [-0.25, -0.2) is 9.97 Å². The third-order valence-corrected chi connectivity index (χ3v) is 6.13. The number of carbonyl (C=O) groups excluding carboxylic acids is 1. The highest BCUT2D eigenvalue weighted by Gasteiger charge is 2.26. The third-order valence-electron chi connectivity index (χ3n) is 5.01. The standard InChI is InChI=1S/C17H20N6OS/c1-9-12(10(2)22(3)21-9)6-14(24)23-5-4-11-13(7-23)25-17-15(11)16(18)19-8-20-17/h8H,4-7H2,1-3H3,(H2,18,19,20). The molecular weight excluding hydrogens is 336 g/mol. The second kappa shape index (κ2) is 5.80. The molecule has 0 fully saturated rings. The van der Waals surface area contributed by atoms with Crippen LogP contribution >= 0.6 is 11.3 Å². The van der Waals surface area contributed by atoms with Crippen molar-refractivity contribution in [3.63, 3.8) is 0 Å². The van der Waals surface area contributed by atoms with Gasteiger partial charge in [-0.05, 0) is 25.8 Å². The molecule has 130 valence electrons. The smallest absolute Gasteiger partial charge is 0.227 e. The van der Waals surface area contributed by atoms with Gasteiger partial charge in [0.2, 0.25) is 5.91 Å². The van der Waals surface area contributed by atoms with Gasteiger partial charge in [-0.2, -0.15) is 5.10 Å². The van der Waals surface area contributed by atoms with Crippen LogP contribution in [0, 0.1) is 13.8 Å². The molecule has 3 aromatic heterocycles. The summed E-state index contributed by atoms with van der Waals surface area (Å²) in [5, 5.41) is 5.37. The summed E-state index contributed by atoms with van der Waals surface area (Å²) in [6.07, 6.45) is 2.69. The summed E-state index contributed by atoms with van der Waals surface area (Å²) in [7, 11) is 1.91. The fourth-order valence-corrected chi connectivity index (χ4v) is 4.71. The first kappa shape index (κ1) is 16.0. The Morgan fingerprint density at radius 1 is 1.36 bits per heavy atom. The Morgan fingerprint density at radius 2 is 2.16 bits per heavy atom. The number of fused-ring (bicyclic) bond motifs is 3. The SMILES string of the molecule is Cc1nn(C)c(C)c1CC(=O)N1CCc2c(sc3ncnc(N)c23)C1. The van der Waals surface area contributed by atoms with Crippen molar-refractivity contribution in [3.8, 4) is 0 Å². The molecule has 2 N–H and O–H groups in total. The van der Waals surface area contributed by atoms with Crippen molar-refractivity contribution < 1.29 is 4.79 Å². The molecule has 0 aliphatic carbocycles. The van der Waals surface area contributed by atoms with Crippen molar-refractivity contribution in [1.29, 1.82) is 0 Å². The quantitative estimate of drug-likeness (QED) is 0.755. The molecule has 4 rings (SSSR count). The maximum absolute atomic E-state index is 12.8. The number of hydrogen-bond donors (Lipinski definition) is 1. The van der Waals surface area contributed by atoms with Gasteiger partial charge in [0.05, 0.1) is 24.0 Å². The summed E-state index contributed by atoms with van der Waals surface area (Å²) < 4.78 is 1.83. The Labute approximate surface area is 149 Å². The van der Waals surface area contributed by atoms with Crippen molar-refractivity contribution in [1.82, 2.24) is 24.6 Å². The van der Waals surface area contributed by atoms with Gasteiger partial charge in [0.15, 0.2) is 0 Å². The second-order valence-corrected chi connectivity index (χ2v) is 7.54. The number of aryl methyl sites for hydroxylation is 2. The number of aromatic nitrogens is 4. The fraction of sp³-hybridized carbons (Fsp3) is 0.412. The largest absolute Gasteiger partial charge is 0.383 e. The molecule has 7 nitrogen and oxygen atoms in total. The molecular formula is C17H20N6OS. The number of nitrogens with zero attached hydrogens (tertiary/aromatic N) is 5. The maximum atomic E-state index is 12.8. The highest BCUT2D eigenvalue weighted by molar-refractivity contribution is 7.19. The van der Waals surface area contributed by atoms with Crippen molar-refractivity contribution in [2.24, 2.45) is 7.05 Å². The van der Waals surface area contributed by atoms with Crippen LogP contribution in [0.5, 0.6) is 0 Å². The molecule has 25 heavy (non-hydrogen) atoms. The summed E-state index contributed by atoms with van der Waals surface area (Å²) in [4.78, 5) is 25.2. The van der Waals surface area contributed by atoms with Crippen LogP contribution in [-0.2, 0) is 31.2 Å². The Balaban J connectivity index is 1.59. The lowest BCUT2D eigenvalue weighted by atomic mass is 10.0. The van der Waals surface area contributed by atoms with E-state index < -0.39 is 0 Å². The van der Waals surface area contributed by atoms with E-state index in [-0.39, 0.29) is 5.91 Å². The van der Waals surface area contributed by atoms with Crippen LogP contribution in [0.25, 0.3) is 10.2 Å². The normalized spacial score (nSPS) is 14.1. The average Bonchev–Trinajstić information content (AvgIpc) is 3.07. The minimum Gasteiger partial charge on any atom is -0.383 e. The van der Waals surface area contributed by atoms with Crippen LogP contribution < -0.4 is 5.73 Å². The van der Waals surface area contributed by atoms with Gasteiger partial charge in [0.25, 0.3) is 0 Å². The van der Waals surface area contributed by atoms with Crippen LogP contribution in [0.1, 0.15) is 27.4 Å². The first-order valence-corrected chi connectivity index (χ1v) is 9.05. The number of anilines is 1. The number of carbonyl (C=O) groups is 1. The zero-order valence-corrected chi connectivity index (χ0v) is 15.4. The summed E-state index contributed by atoms with van der Waals surface area (Å²) in [5.41, 5.74) is 10.2. The predicted octanol–water partition coefficient (Wildman–Crippen LogP) is 1.75. The number of thiophene rings is 1. The van der Waals surface area contributed by atoms with E-state index in [9.17, 15) is 4.79 Å². The van der Waals surface area contributed by atoms with E-state index in [0.29, 0.717) is 25.3 Å². The fourth-order valence-electron chi connectivity index (χ4n) is 3.50. The molecule has 8 heteroatoms. The van der Waals surface area contributed by atoms with Gasteiger partial charge in [0.1, 0.15) is 17.0 Å². The highest BCUT2D eigenvalue weighted by atomic mass is 32.1. The summed E-state index contributed by atoms with van der Waals surface area (Å²) >= 11 is 1.61. The molecule has 0 spiro atoms. The zero-order chi connectivity index (χ0) is 17.7. The number of hydrogen-bond acceptors (Lipinski definition) is 6. The molecule has 1 amide bonds. The van der Waals surface area contributed by atoms with Crippen molar-refractivity contribution in [2.45, 2.75) is 33.2 Å². The molecule has 1 aliphatic rings. The molecule has 1 aliphatic heterocycles. The lowest BCUT2D eigenvalue weighted by molar-refractivity contribution is -0.131. The number of nitrogen functional groups attached to an aromatic ring is 1. The van der Waals surface area contributed by atoms with Crippen LogP contribution in [-0.4, -0.2) is 37.1 Å². The van der Waals surface area contributed by atoms with Gasteiger partial charge in [-0.1, -0.05) is 0 Å². The number of amides is 1. The van der Waals surface area contributed by atoms with E-state index in [1.54, 1.807) is 11.3 Å². The van der Waals surface area contributed by atoms with E-state index in [1.165, 1.54) is 16.8 Å². The summed E-state index contributed by atoms with van der Waals surface area (Å²) in [5.74, 6) is 0.672. The molecule has 0 unspecified atom stereocenters. The summed E-state index contributed by atoms with van der Waals surface area (Å²) in [6.45, 7) is 5.28. The minimum absolute atomic E-state index is 0.140. The molecule has 4 heterocycles. The van der Waals surface area contributed by atoms with Crippen LogP contribution in [0.15, 0.2) is 6.33 Å². The van der Waals surface area contributed by atoms with Gasteiger partial charge in [0, 0.05) is 29.7 Å². The Kier molecular flexibility index (Phi) is 3.72. The molecule has 0 saturated carbocycles. The zero-order valence-electron chi connectivity index (χ0n) is 14.5. The van der Waals surface area contributed by atoms with E-state index in [4.69, 9.17) is 5.73 Å². The lowest BCUT2D eigenvalue weighted by Gasteiger charge is -2.27. The average molecular weight is 356 g/mol. The minimum atomic E-state index is 0.140. The first-order chi connectivity index (χ1) is 12.0. The molecule has 0 atom stereocenters. The molecule has 0 aromatic carbocycles. The van der Waals surface area contributed by atoms with Gasteiger partial charge >= 0.3 is 0 Å². The molecule has 0 bridgehead atoms. The number of rotatable bonds is 2. The van der Waals surface area contributed by atoms with Crippen LogP contribution in [0.2, 0.25) is 0 Å². The van der Waals surface area contributed by atoms with E-state index >= 15 is 0 Å². The van der Waals surface area contributed by atoms with Gasteiger partial charge in [-0.15, -0.1) is 11.3 Å². The second-order valence-electron chi connectivity index (χ2n) is 6.46. The Bertz CT molecular complexity index is 989. The van der Waals surface area contributed by atoms with E-state index in [1.807, 2.05) is 30.5 Å². The highest BCUT2D eigenvalue weighted by Crippen LogP contribution is 2.36. The molecule has 0 saturated heterocycles. The first-order valence-electron chi connectivity index (χ1n) is 8.23. The van der Waals surface area contributed by atoms with E-state index in [0.717, 1.165) is 33.6 Å². The van der Waals surface area contributed by atoms with Gasteiger partial charge in [-0.3, -0.25) is 9.48 Å². The molecule has 3 aromatic rings. The predicted molar refractivity (Wildman–Crippen MR) is 97.3 cm³/mol. The van der Waals surface area contributed by atoms with Crippen molar-refractivity contribution in [3.05, 3.63) is 33.7 Å². The topological polar surface area (TPSA) is 89.9 Å². The van der Waals surface area contributed by atoms with Crippen molar-refractivity contribution in [2.75, 3.05) is 12.3 Å². The van der Waals surface area contributed by atoms with Gasteiger partial charge < -0.3 is 10.6 Å². The van der Waals surface area contributed by atoms with Crippen LogP contribution in [0.3, 0.4) is 0 Å². The third kappa shape index (κ3) is 2.57. The van der Waals surface area contributed by atoms with Crippen LogP contribution in [0.4, 0.5) is 5.82 Å². The lowest BCUT2D eigenvalue weighted by Crippen LogP contribution is -2.36. The monoisotopic (exact) mass is 356 g/mol. The molecule has 0 radical (unpaired) electrons.